The molecule has 2 saturated heterocycles. The Kier molecular flexibility index (Phi) is 8.72. The number of anilines is 3. The molecule has 0 radical (unpaired) electrons. The molecule has 0 atom stereocenters. The number of carbonyl (C=O) groups excluding carboxylic acids is 3. The van der Waals surface area contributed by atoms with Gasteiger partial charge in [0, 0.05) is 61.9 Å². The molecule has 2 heterocycles. The Bertz CT molecular complexity index is 1390. The van der Waals surface area contributed by atoms with Crippen LogP contribution in [0.1, 0.15) is 45.5 Å². The maximum absolute atomic E-state index is 13.7. The van der Waals surface area contributed by atoms with Crippen LogP contribution in [0.5, 0.6) is 5.75 Å². The molecule has 3 aromatic rings. The number of rotatable bonds is 6. The second-order valence-corrected chi connectivity index (χ2v) is 10.5. The van der Waals surface area contributed by atoms with Gasteiger partial charge in [-0.1, -0.05) is 12.1 Å². The number of amides is 4. The maximum atomic E-state index is 13.7. The summed E-state index contributed by atoms with van der Waals surface area (Å²) in [6.07, 6.45) is 3.11. The van der Waals surface area contributed by atoms with E-state index in [1.807, 2.05) is 48.2 Å². The third-order valence-electron chi connectivity index (χ3n) is 7.66. The number of piperidine rings is 1. The number of urea groups is 1. The Morgan fingerprint density at radius 1 is 0.732 bits per heavy atom. The third-order valence-corrected chi connectivity index (χ3v) is 7.66. The lowest BCUT2D eigenvalue weighted by Crippen LogP contribution is -2.50. The molecular weight excluding hydrogens is 518 g/mol. The summed E-state index contributed by atoms with van der Waals surface area (Å²) in [4.78, 5) is 45.4. The van der Waals surface area contributed by atoms with Crippen LogP contribution in [-0.2, 0) is 0 Å². The van der Waals surface area contributed by atoms with Crippen molar-refractivity contribution in [2.45, 2.75) is 26.2 Å². The smallest absolute Gasteiger partial charge is 0.321 e. The number of methoxy groups -OCH3 is 1. The fourth-order valence-electron chi connectivity index (χ4n) is 5.35. The van der Waals surface area contributed by atoms with Crippen LogP contribution in [-0.4, -0.2) is 74.0 Å². The third kappa shape index (κ3) is 6.80. The predicted octanol–water partition coefficient (Wildman–Crippen LogP) is 5.24. The molecule has 9 heteroatoms. The molecule has 214 valence electrons. The quantitative estimate of drug-likeness (QED) is 0.434. The molecule has 0 saturated carbocycles. The minimum atomic E-state index is -0.259. The van der Waals surface area contributed by atoms with Crippen LogP contribution < -0.4 is 20.3 Å². The highest BCUT2D eigenvalue weighted by Crippen LogP contribution is 2.29. The Morgan fingerprint density at radius 2 is 1.44 bits per heavy atom. The molecule has 0 bridgehead atoms. The van der Waals surface area contributed by atoms with Crippen molar-refractivity contribution in [3.05, 3.63) is 83.4 Å². The van der Waals surface area contributed by atoms with Crippen LogP contribution in [0.15, 0.2) is 66.7 Å². The lowest BCUT2D eigenvalue weighted by atomic mass is 10.1. The van der Waals surface area contributed by atoms with Crippen molar-refractivity contribution < 1.29 is 19.1 Å². The number of hydrogen-bond acceptors (Lipinski definition) is 5. The van der Waals surface area contributed by atoms with Gasteiger partial charge in [-0.3, -0.25) is 9.59 Å². The lowest BCUT2D eigenvalue weighted by molar-refractivity contribution is 0.0724. The van der Waals surface area contributed by atoms with Crippen LogP contribution in [0.4, 0.5) is 21.9 Å². The summed E-state index contributed by atoms with van der Waals surface area (Å²) in [6, 6.07) is 20.0. The van der Waals surface area contributed by atoms with E-state index in [-0.39, 0.29) is 17.8 Å². The number of ether oxygens (including phenoxy) is 1. The second-order valence-electron chi connectivity index (χ2n) is 10.5. The van der Waals surface area contributed by atoms with E-state index < -0.39 is 0 Å². The molecular formula is C32H37N5O4. The highest BCUT2D eigenvalue weighted by molar-refractivity contribution is 6.06. The highest BCUT2D eigenvalue weighted by atomic mass is 16.5. The van der Waals surface area contributed by atoms with E-state index in [0.29, 0.717) is 48.7 Å². The van der Waals surface area contributed by atoms with Gasteiger partial charge < -0.3 is 30.1 Å². The largest absolute Gasteiger partial charge is 0.497 e. The minimum Gasteiger partial charge on any atom is -0.497 e. The molecule has 2 fully saturated rings. The van der Waals surface area contributed by atoms with E-state index >= 15 is 0 Å². The molecule has 0 aliphatic carbocycles. The zero-order valence-electron chi connectivity index (χ0n) is 23.7. The van der Waals surface area contributed by atoms with Gasteiger partial charge in [0.05, 0.1) is 12.7 Å². The van der Waals surface area contributed by atoms with Crippen molar-refractivity contribution in [1.29, 1.82) is 0 Å². The zero-order chi connectivity index (χ0) is 28.8. The summed E-state index contributed by atoms with van der Waals surface area (Å²) in [6.45, 7) is 5.71. The molecule has 41 heavy (non-hydrogen) atoms. The van der Waals surface area contributed by atoms with E-state index in [2.05, 4.69) is 15.5 Å². The van der Waals surface area contributed by atoms with Gasteiger partial charge in [-0.2, -0.15) is 0 Å². The maximum Gasteiger partial charge on any atom is 0.321 e. The van der Waals surface area contributed by atoms with Crippen LogP contribution in [0.25, 0.3) is 0 Å². The van der Waals surface area contributed by atoms with Crippen molar-refractivity contribution in [2.75, 3.05) is 61.9 Å². The number of nitrogens with one attached hydrogen (secondary N) is 2. The first-order chi connectivity index (χ1) is 19.9. The Labute approximate surface area is 241 Å². The van der Waals surface area contributed by atoms with Gasteiger partial charge in [0.2, 0.25) is 0 Å². The number of nitrogens with zero attached hydrogens (tertiary/aromatic N) is 3. The van der Waals surface area contributed by atoms with Crippen LogP contribution in [0.2, 0.25) is 0 Å². The van der Waals surface area contributed by atoms with E-state index in [9.17, 15) is 14.4 Å². The van der Waals surface area contributed by atoms with E-state index in [1.54, 1.807) is 42.3 Å². The van der Waals surface area contributed by atoms with Crippen LogP contribution >= 0.6 is 0 Å². The van der Waals surface area contributed by atoms with Crippen LogP contribution in [0.3, 0.4) is 0 Å². The van der Waals surface area contributed by atoms with E-state index in [0.717, 1.165) is 49.3 Å². The van der Waals surface area contributed by atoms with Gasteiger partial charge >= 0.3 is 6.03 Å². The van der Waals surface area contributed by atoms with E-state index in [1.165, 1.54) is 0 Å². The summed E-state index contributed by atoms with van der Waals surface area (Å²) in [7, 11) is 1.58. The second kappa shape index (κ2) is 12.8. The Morgan fingerprint density at radius 3 is 2.12 bits per heavy atom. The van der Waals surface area contributed by atoms with Crippen molar-refractivity contribution in [2.24, 2.45) is 0 Å². The Hall–Kier alpha value is -4.53. The molecule has 2 N–H and O–H groups in total. The molecule has 9 nitrogen and oxygen atoms in total. The van der Waals surface area contributed by atoms with Gasteiger partial charge in [0.25, 0.3) is 11.8 Å². The van der Waals surface area contributed by atoms with E-state index in [4.69, 9.17) is 4.74 Å². The summed E-state index contributed by atoms with van der Waals surface area (Å²) in [5.74, 6) is 0.387. The number of carbonyl (C=O) groups is 3. The number of benzene rings is 3. The first-order valence-electron chi connectivity index (χ1n) is 14.2. The molecule has 2 aliphatic heterocycles. The molecule has 2 aliphatic rings. The zero-order valence-corrected chi connectivity index (χ0v) is 23.7. The van der Waals surface area contributed by atoms with Gasteiger partial charge in [-0.25, -0.2) is 4.79 Å². The van der Waals surface area contributed by atoms with Gasteiger partial charge in [-0.15, -0.1) is 0 Å². The summed E-state index contributed by atoms with van der Waals surface area (Å²) < 4.78 is 5.18. The monoisotopic (exact) mass is 555 g/mol. The fourth-order valence-corrected chi connectivity index (χ4v) is 5.35. The average molecular weight is 556 g/mol. The topological polar surface area (TPSA) is 94.2 Å². The van der Waals surface area contributed by atoms with Crippen LogP contribution in [0, 0.1) is 6.92 Å². The number of likely N-dealkylation sites (tertiary alicyclic amines) is 1. The minimum absolute atomic E-state index is 0.0279. The predicted molar refractivity (Wildman–Crippen MR) is 161 cm³/mol. The van der Waals surface area contributed by atoms with Gasteiger partial charge in [0.1, 0.15) is 5.75 Å². The molecule has 0 spiro atoms. The first-order valence-corrected chi connectivity index (χ1v) is 14.2. The molecule has 5 rings (SSSR count). The first kappa shape index (κ1) is 28.0. The van der Waals surface area contributed by atoms with Gasteiger partial charge in [0.15, 0.2) is 0 Å². The van der Waals surface area contributed by atoms with Crippen molar-refractivity contribution >= 4 is 34.9 Å². The van der Waals surface area contributed by atoms with Crippen molar-refractivity contribution in [3.63, 3.8) is 0 Å². The molecule has 0 unspecified atom stereocenters. The van der Waals surface area contributed by atoms with Gasteiger partial charge in [-0.05, 0) is 86.3 Å². The summed E-state index contributed by atoms with van der Waals surface area (Å²) in [5.41, 5.74) is 4.31. The lowest BCUT2D eigenvalue weighted by Gasteiger charge is -2.37. The summed E-state index contributed by atoms with van der Waals surface area (Å²) >= 11 is 0. The average Bonchev–Trinajstić information content (AvgIpc) is 3.01. The fraction of sp³-hybridized carbons (Fsp3) is 0.344. The Balaban J connectivity index is 1.31. The number of aryl methyl sites for hydroxylation is 1. The SMILES string of the molecule is COc1ccc(C(=O)Nc2ccc(N3CCN(C(=O)Nc4cccc(C)c4)CC3)c(C(=O)N3CCCCC3)c2)cc1. The number of piperazine rings is 1. The number of hydrogen-bond donors (Lipinski definition) is 2. The normalized spacial score (nSPS) is 15.3. The molecule has 3 aromatic carbocycles. The molecule has 4 amide bonds. The summed E-state index contributed by atoms with van der Waals surface area (Å²) in [5, 5.41) is 5.93. The molecule has 0 aromatic heterocycles. The highest BCUT2D eigenvalue weighted by Gasteiger charge is 2.27. The standard InChI is InChI=1S/C32H37N5O4/c1-23-7-6-8-25(21-23)34-32(40)37-19-17-35(18-20-37)29-14-11-26(22-28(29)31(39)36-15-4-3-5-16-36)33-30(38)24-9-12-27(41-2)13-10-24/h6-14,21-22H,3-5,15-20H2,1-2H3,(H,33,38)(H,34,40). The van der Waals surface area contributed by atoms with Crippen molar-refractivity contribution in [1.82, 2.24) is 9.80 Å². The van der Waals surface area contributed by atoms with Crippen molar-refractivity contribution in [3.8, 4) is 5.75 Å².